The fourth-order valence-electron chi connectivity index (χ4n) is 1.85. The second-order valence-corrected chi connectivity index (χ2v) is 4.25. The zero-order valence-electron chi connectivity index (χ0n) is 10.6. The molecule has 1 saturated heterocycles. The van der Waals surface area contributed by atoms with Crippen LogP contribution in [0.5, 0.6) is 0 Å². The second-order valence-electron chi connectivity index (χ2n) is 4.25. The van der Waals surface area contributed by atoms with Crippen molar-refractivity contribution >= 4 is 5.97 Å². The van der Waals surface area contributed by atoms with E-state index in [-0.39, 0.29) is 12.2 Å². The number of aliphatic hydroxyl groups is 1. The molecule has 1 heterocycles. The van der Waals surface area contributed by atoms with Crippen LogP contribution in [-0.4, -0.2) is 36.7 Å². The number of rotatable bonds is 3. The molecule has 5 nitrogen and oxygen atoms in total. The van der Waals surface area contributed by atoms with Gasteiger partial charge in [-0.25, -0.2) is 4.79 Å². The zero-order chi connectivity index (χ0) is 13.8. The maximum atomic E-state index is 11.9. The Kier molecular flexibility index (Phi) is 4.19. The summed E-state index contributed by atoms with van der Waals surface area (Å²) in [5, 5.41) is 9.67. The summed E-state index contributed by atoms with van der Waals surface area (Å²) in [5.74, 6) is -0.255. The SMILES string of the molecule is C=C1O[C@H](OC)[C@@H](OC(=O)c2ccccc2)C[C@H]1O. The second kappa shape index (κ2) is 5.86. The molecular weight excluding hydrogens is 248 g/mol. The summed E-state index contributed by atoms with van der Waals surface area (Å²) in [6.45, 7) is 3.57. The number of carbonyl (C=O) groups is 1. The van der Waals surface area contributed by atoms with Gasteiger partial charge in [0.25, 0.3) is 0 Å². The van der Waals surface area contributed by atoms with Gasteiger partial charge in [-0.15, -0.1) is 0 Å². The minimum Gasteiger partial charge on any atom is -0.463 e. The molecule has 1 aromatic carbocycles. The number of hydrogen-bond donors (Lipinski definition) is 1. The minimum absolute atomic E-state index is 0.204. The maximum Gasteiger partial charge on any atom is 0.338 e. The Hall–Kier alpha value is -1.85. The van der Waals surface area contributed by atoms with Crippen LogP contribution in [0.1, 0.15) is 16.8 Å². The summed E-state index contributed by atoms with van der Waals surface area (Å²) in [6, 6.07) is 8.62. The predicted octanol–water partition coefficient (Wildman–Crippen LogP) is 1.48. The molecule has 1 aliphatic heterocycles. The molecule has 1 N–H and O–H groups in total. The highest BCUT2D eigenvalue weighted by Crippen LogP contribution is 2.25. The van der Waals surface area contributed by atoms with E-state index >= 15 is 0 Å². The molecule has 0 unspecified atom stereocenters. The fraction of sp³-hybridized carbons (Fsp3) is 0.357. The molecule has 0 radical (unpaired) electrons. The van der Waals surface area contributed by atoms with E-state index in [0.29, 0.717) is 5.56 Å². The largest absolute Gasteiger partial charge is 0.463 e. The van der Waals surface area contributed by atoms with Crippen molar-refractivity contribution in [1.29, 1.82) is 0 Å². The van der Waals surface area contributed by atoms with E-state index in [9.17, 15) is 9.90 Å². The quantitative estimate of drug-likeness (QED) is 0.838. The number of benzene rings is 1. The summed E-state index contributed by atoms with van der Waals surface area (Å²) in [6.07, 6.45) is -2.07. The standard InChI is InChI=1S/C14H16O5/c1-9-11(15)8-12(14(17-2)18-9)19-13(16)10-6-4-3-5-7-10/h3-7,11-12,14-15H,1,8H2,2H3/t11-,12+,14+/m1/s1. The Morgan fingerprint density at radius 2 is 2.11 bits per heavy atom. The molecule has 102 valence electrons. The van der Waals surface area contributed by atoms with Gasteiger partial charge in [0, 0.05) is 13.5 Å². The average molecular weight is 264 g/mol. The average Bonchev–Trinajstić information content (AvgIpc) is 2.43. The lowest BCUT2D eigenvalue weighted by molar-refractivity contribution is -0.196. The van der Waals surface area contributed by atoms with Gasteiger partial charge in [-0.2, -0.15) is 0 Å². The fourth-order valence-corrected chi connectivity index (χ4v) is 1.85. The first-order valence-corrected chi connectivity index (χ1v) is 5.94. The molecule has 1 aliphatic rings. The number of hydrogen-bond acceptors (Lipinski definition) is 5. The summed E-state index contributed by atoms with van der Waals surface area (Å²) in [7, 11) is 1.44. The molecule has 1 aromatic rings. The number of methoxy groups -OCH3 is 1. The minimum atomic E-state index is -0.861. The molecule has 5 heteroatoms. The van der Waals surface area contributed by atoms with Gasteiger partial charge in [0.1, 0.15) is 11.9 Å². The first kappa shape index (κ1) is 13.6. The van der Waals surface area contributed by atoms with Crippen LogP contribution in [-0.2, 0) is 14.2 Å². The molecule has 0 spiro atoms. The molecular formula is C14H16O5. The Morgan fingerprint density at radius 3 is 2.74 bits per heavy atom. The molecule has 0 saturated carbocycles. The van der Waals surface area contributed by atoms with Crippen LogP contribution in [0.15, 0.2) is 42.7 Å². The van der Waals surface area contributed by atoms with E-state index in [2.05, 4.69) is 6.58 Å². The highest BCUT2D eigenvalue weighted by atomic mass is 16.7. The summed E-state index contributed by atoms with van der Waals surface area (Å²) >= 11 is 0. The number of aliphatic hydroxyl groups excluding tert-OH is 1. The molecule has 1 fully saturated rings. The first-order valence-electron chi connectivity index (χ1n) is 5.94. The third kappa shape index (κ3) is 3.13. The lowest BCUT2D eigenvalue weighted by Gasteiger charge is -2.34. The van der Waals surface area contributed by atoms with Crippen molar-refractivity contribution in [2.45, 2.75) is 24.9 Å². The van der Waals surface area contributed by atoms with Crippen LogP contribution in [0.4, 0.5) is 0 Å². The van der Waals surface area contributed by atoms with Crippen molar-refractivity contribution in [3.8, 4) is 0 Å². The number of esters is 1. The summed E-state index contributed by atoms with van der Waals surface area (Å²) in [5.41, 5.74) is 0.441. The number of ether oxygens (including phenoxy) is 3. The van der Waals surface area contributed by atoms with Gasteiger partial charge in [-0.1, -0.05) is 24.8 Å². The topological polar surface area (TPSA) is 65.0 Å². The lowest BCUT2D eigenvalue weighted by Crippen LogP contribution is -2.43. The summed E-state index contributed by atoms with van der Waals surface area (Å²) < 4.78 is 15.7. The van der Waals surface area contributed by atoms with Crippen molar-refractivity contribution in [2.75, 3.05) is 7.11 Å². The van der Waals surface area contributed by atoms with Crippen LogP contribution in [0, 0.1) is 0 Å². The Bertz CT molecular complexity index is 456. The highest BCUT2D eigenvalue weighted by molar-refractivity contribution is 5.89. The monoisotopic (exact) mass is 264 g/mol. The van der Waals surface area contributed by atoms with Crippen molar-refractivity contribution in [3.05, 3.63) is 48.2 Å². The van der Waals surface area contributed by atoms with Gasteiger partial charge in [0.05, 0.1) is 5.56 Å². The van der Waals surface area contributed by atoms with E-state index in [1.807, 2.05) is 6.07 Å². The predicted molar refractivity (Wildman–Crippen MR) is 67.3 cm³/mol. The van der Waals surface area contributed by atoms with Crippen LogP contribution < -0.4 is 0 Å². The van der Waals surface area contributed by atoms with E-state index in [4.69, 9.17) is 14.2 Å². The van der Waals surface area contributed by atoms with Gasteiger partial charge >= 0.3 is 5.97 Å². The highest BCUT2D eigenvalue weighted by Gasteiger charge is 2.36. The third-order valence-corrected chi connectivity index (χ3v) is 2.90. The van der Waals surface area contributed by atoms with Crippen molar-refractivity contribution < 1.29 is 24.1 Å². The molecule has 2 rings (SSSR count). The van der Waals surface area contributed by atoms with E-state index in [1.165, 1.54) is 7.11 Å². The van der Waals surface area contributed by atoms with Crippen LogP contribution in [0.2, 0.25) is 0 Å². The Balaban J connectivity index is 2.05. The van der Waals surface area contributed by atoms with Crippen molar-refractivity contribution in [1.82, 2.24) is 0 Å². The third-order valence-electron chi connectivity index (χ3n) is 2.90. The van der Waals surface area contributed by atoms with Crippen LogP contribution in [0.25, 0.3) is 0 Å². The van der Waals surface area contributed by atoms with Gasteiger partial charge < -0.3 is 19.3 Å². The van der Waals surface area contributed by atoms with Gasteiger partial charge in [0.15, 0.2) is 6.10 Å². The van der Waals surface area contributed by atoms with E-state index in [1.54, 1.807) is 24.3 Å². The lowest BCUT2D eigenvalue weighted by atomic mass is 10.1. The molecule has 0 aromatic heterocycles. The molecule has 0 amide bonds. The normalized spacial score (nSPS) is 26.6. The van der Waals surface area contributed by atoms with Gasteiger partial charge in [0.2, 0.25) is 6.29 Å². The molecule has 3 atom stereocenters. The van der Waals surface area contributed by atoms with Crippen LogP contribution >= 0.6 is 0 Å². The van der Waals surface area contributed by atoms with E-state index in [0.717, 1.165) is 0 Å². The van der Waals surface area contributed by atoms with E-state index < -0.39 is 24.5 Å². The Labute approximate surface area is 111 Å². The van der Waals surface area contributed by atoms with Crippen molar-refractivity contribution in [3.63, 3.8) is 0 Å². The van der Waals surface area contributed by atoms with Crippen molar-refractivity contribution in [2.24, 2.45) is 0 Å². The Morgan fingerprint density at radius 1 is 1.42 bits per heavy atom. The smallest absolute Gasteiger partial charge is 0.338 e. The molecule has 0 aliphatic carbocycles. The zero-order valence-corrected chi connectivity index (χ0v) is 10.6. The van der Waals surface area contributed by atoms with Gasteiger partial charge in [-0.05, 0) is 12.1 Å². The maximum absolute atomic E-state index is 11.9. The molecule has 0 bridgehead atoms. The summed E-state index contributed by atoms with van der Waals surface area (Å²) in [4.78, 5) is 11.9. The van der Waals surface area contributed by atoms with Crippen LogP contribution in [0.3, 0.4) is 0 Å². The first-order chi connectivity index (χ1) is 9.11. The molecule has 19 heavy (non-hydrogen) atoms. The van der Waals surface area contributed by atoms with Gasteiger partial charge in [-0.3, -0.25) is 0 Å². The number of carbonyl (C=O) groups excluding carboxylic acids is 1.